The first-order valence-electron chi connectivity index (χ1n) is 7.02. The zero-order chi connectivity index (χ0) is 15.4. The maximum Gasteiger partial charge on any atom is 0.277 e. The highest BCUT2D eigenvalue weighted by molar-refractivity contribution is 6.02. The van der Waals surface area contributed by atoms with Crippen LogP contribution in [0.25, 0.3) is 0 Å². The number of aryl methyl sites for hydroxylation is 3. The zero-order valence-corrected chi connectivity index (χ0v) is 12.2. The fraction of sp³-hybridized carbons (Fsp3) is 0.188. The average Bonchev–Trinajstić information content (AvgIpc) is 3.15. The molecular formula is C16H16N4O2. The molecular weight excluding hydrogens is 280 g/mol. The standard InChI is InChI=1S/C16H16N4O2/c1-12-9-15(19-22-12)16(21)18-14-10-17-20(11-14)8-7-13-5-3-2-4-6-13/h2-6,9-11H,7-8H2,1H3,(H,18,21). The number of carbonyl (C=O) groups excluding carboxylic acids is 1. The number of anilines is 1. The van der Waals surface area contributed by atoms with Crippen molar-refractivity contribution in [3.05, 3.63) is 65.8 Å². The molecule has 22 heavy (non-hydrogen) atoms. The number of hydrogen-bond donors (Lipinski definition) is 1. The number of rotatable bonds is 5. The van der Waals surface area contributed by atoms with E-state index in [2.05, 4.69) is 27.7 Å². The lowest BCUT2D eigenvalue weighted by atomic mass is 10.1. The fourth-order valence-electron chi connectivity index (χ4n) is 2.11. The van der Waals surface area contributed by atoms with Gasteiger partial charge in [-0.1, -0.05) is 35.5 Å². The maximum absolute atomic E-state index is 11.9. The summed E-state index contributed by atoms with van der Waals surface area (Å²) in [6.45, 7) is 2.49. The van der Waals surface area contributed by atoms with Gasteiger partial charge in [0.15, 0.2) is 5.69 Å². The monoisotopic (exact) mass is 296 g/mol. The molecule has 1 N–H and O–H groups in total. The van der Waals surface area contributed by atoms with Gasteiger partial charge in [-0.05, 0) is 18.9 Å². The van der Waals surface area contributed by atoms with Crippen LogP contribution in [0.4, 0.5) is 5.69 Å². The minimum atomic E-state index is -0.306. The van der Waals surface area contributed by atoms with Gasteiger partial charge in [0.25, 0.3) is 5.91 Å². The first kappa shape index (κ1) is 14.1. The Morgan fingerprint density at radius 1 is 1.32 bits per heavy atom. The molecule has 0 fully saturated rings. The Morgan fingerprint density at radius 2 is 2.14 bits per heavy atom. The summed E-state index contributed by atoms with van der Waals surface area (Å²) in [4.78, 5) is 11.9. The van der Waals surface area contributed by atoms with Crippen LogP contribution in [0.15, 0.2) is 53.3 Å². The Labute approximate surface area is 127 Å². The van der Waals surface area contributed by atoms with E-state index in [9.17, 15) is 4.79 Å². The van der Waals surface area contributed by atoms with E-state index < -0.39 is 0 Å². The molecule has 0 unspecified atom stereocenters. The van der Waals surface area contributed by atoms with Gasteiger partial charge in [-0.15, -0.1) is 0 Å². The molecule has 0 spiro atoms. The van der Waals surface area contributed by atoms with E-state index in [-0.39, 0.29) is 11.6 Å². The summed E-state index contributed by atoms with van der Waals surface area (Å²) < 4.78 is 6.69. The summed E-state index contributed by atoms with van der Waals surface area (Å²) in [6.07, 6.45) is 4.31. The molecule has 0 bridgehead atoms. The third-order valence-electron chi connectivity index (χ3n) is 3.22. The second-order valence-electron chi connectivity index (χ2n) is 5.00. The van der Waals surface area contributed by atoms with E-state index in [1.807, 2.05) is 18.2 Å². The molecule has 0 radical (unpaired) electrons. The molecule has 3 aromatic rings. The molecule has 0 atom stereocenters. The molecule has 3 rings (SSSR count). The van der Waals surface area contributed by atoms with Crippen molar-refractivity contribution < 1.29 is 9.32 Å². The molecule has 0 saturated carbocycles. The van der Waals surface area contributed by atoms with Crippen molar-refractivity contribution in [1.29, 1.82) is 0 Å². The Balaban J connectivity index is 1.58. The number of hydrogen-bond acceptors (Lipinski definition) is 4. The highest BCUT2D eigenvalue weighted by atomic mass is 16.5. The highest BCUT2D eigenvalue weighted by Gasteiger charge is 2.11. The van der Waals surface area contributed by atoms with Crippen LogP contribution in [0, 0.1) is 6.92 Å². The molecule has 1 amide bonds. The van der Waals surface area contributed by atoms with Crippen LogP contribution in [-0.2, 0) is 13.0 Å². The summed E-state index contributed by atoms with van der Waals surface area (Å²) in [7, 11) is 0. The topological polar surface area (TPSA) is 73.0 Å². The Morgan fingerprint density at radius 3 is 2.86 bits per heavy atom. The number of amides is 1. The lowest BCUT2D eigenvalue weighted by molar-refractivity contribution is 0.101. The van der Waals surface area contributed by atoms with E-state index in [0.717, 1.165) is 13.0 Å². The second-order valence-corrected chi connectivity index (χ2v) is 5.00. The Kier molecular flexibility index (Phi) is 4.00. The quantitative estimate of drug-likeness (QED) is 0.785. The van der Waals surface area contributed by atoms with Gasteiger partial charge in [-0.2, -0.15) is 5.10 Å². The number of nitrogens with zero attached hydrogens (tertiary/aromatic N) is 3. The van der Waals surface area contributed by atoms with Gasteiger partial charge in [0, 0.05) is 18.8 Å². The van der Waals surface area contributed by atoms with Gasteiger partial charge in [0.2, 0.25) is 0 Å². The van der Waals surface area contributed by atoms with E-state index in [1.165, 1.54) is 5.56 Å². The van der Waals surface area contributed by atoms with E-state index in [0.29, 0.717) is 11.4 Å². The number of nitrogens with one attached hydrogen (secondary N) is 1. The van der Waals surface area contributed by atoms with Crippen molar-refractivity contribution >= 4 is 11.6 Å². The maximum atomic E-state index is 11.9. The molecule has 2 aromatic heterocycles. The summed E-state index contributed by atoms with van der Waals surface area (Å²) in [5, 5.41) is 10.7. The Hall–Kier alpha value is -2.89. The minimum absolute atomic E-state index is 0.259. The first-order valence-corrected chi connectivity index (χ1v) is 7.02. The predicted octanol–water partition coefficient (Wildman–Crippen LogP) is 2.67. The normalized spacial score (nSPS) is 10.6. The van der Waals surface area contributed by atoms with Gasteiger partial charge < -0.3 is 9.84 Å². The largest absolute Gasteiger partial charge is 0.361 e. The van der Waals surface area contributed by atoms with Crippen molar-refractivity contribution in [1.82, 2.24) is 14.9 Å². The Bertz CT molecular complexity index is 761. The summed E-state index contributed by atoms with van der Waals surface area (Å²) in [6, 6.07) is 11.8. The molecule has 2 heterocycles. The molecule has 1 aromatic carbocycles. The summed E-state index contributed by atoms with van der Waals surface area (Å²) in [5.41, 5.74) is 2.15. The van der Waals surface area contributed by atoms with E-state index in [4.69, 9.17) is 4.52 Å². The molecule has 112 valence electrons. The van der Waals surface area contributed by atoms with Gasteiger partial charge in [0.05, 0.1) is 11.9 Å². The van der Waals surface area contributed by atoms with Crippen LogP contribution >= 0.6 is 0 Å². The van der Waals surface area contributed by atoms with Crippen LogP contribution in [0.1, 0.15) is 21.8 Å². The first-order chi connectivity index (χ1) is 10.7. The van der Waals surface area contributed by atoms with Crippen molar-refractivity contribution in [3.8, 4) is 0 Å². The lowest BCUT2D eigenvalue weighted by Crippen LogP contribution is -2.11. The number of aromatic nitrogens is 3. The highest BCUT2D eigenvalue weighted by Crippen LogP contribution is 2.10. The molecule has 0 aliphatic heterocycles. The van der Waals surface area contributed by atoms with Crippen LogP contribution in [0.2, 0.25) is 0 Å². The van der Waals surface area contributed by atoms with Crippen molar-refractivity contribution in [3.63, 3.8) is 0 Å². The second kappa shape index (κ2) is 6.26. The fourth-order valence-corrected chi connectivity index (χ4v) is 2.11. The zero-order valence-electron chi connectivity index (χ0n) is 12.2. The van der Waals surface area contributed by atoms with Crippen LogP contribution in [-0.4, -0.2) is 20.8 Å². The lowest BCUT2D eigenvalue weighted by Gasteiger charge is -2.01. The van der Waals surface area contributed by atoms with Crippen LogP contribution in [0.5, 0.6) is 0 Å². The van der Waals surface area contributed by atoms with Crippen LogP contribution < -0.4 is 5.32 Å². The van der Waals surface area contributed by atoms with Crippen molar-refractivity contribution in [2.75, 3.05) is 5.32 Å². The van der Waals surface area contributed by atoms with Crippen LogP contribution in [0.3, 0.4) is 0 Å². The smallest absolute Gasteiger partial charge is 0.277 e. The molecule has 0 saturated heterocycles. The van der Waals surface area contributed by atoms with Crippen molar-refractivity contribution in [2.24, 2.45) is 0 Å². The van der Waals surface area contributed by atoms with Gasteiger partial charge in [0.1, 0.15) is 5.76 Å². The SMILES string of the molecule is Cc1cc(C(=O)Nc2cnn(CCc3ccccc3)c2)no1. The van der Waals surface area contributed by atoms with Gasteiger partial charge in [-0.3, -0.25) is 9.48 Å². The number of benzene rings is 1. The molecule has 6 heteroatoms. The predicted molar refractivity (Wildman–Crippen MR) is 81.6 cm³/mol. The molecule has 0 aliphatic rings. The third-order valence-corrected chi connectivity index (χ3v) is 3.22. The summed E-state index contributed by atoms with van der Waals surface area (Å²) >= 11 is 0. The molecule has 6 nitrogen and oxygen atoms in total. The van der Waals surface area contributed by atoms with Gasteiger partial charge >= 0.3 is 0 Å². The van der Waals surface area contributed by atoms with Gasteiger partial charge in [-0.25, -0.2) is 0 Å². The molecule has 0 aliphatic carbocycles. The van der Waals surface area contributed by atoms with E-state index >= 15 is 0 Å². The van der Waals surface area contributed by atoms with Crippen molar-refractivity contribution in [2.45, 2.75) is 19.9 Å². The van der Waals surface area contributed by atoms with E-state index in [1.54, 1.807) is 30.1 Å². The average molecular weight is 296 g/mol. The summed E-state index contributed by atoms with van der Waals surface area (Å²) in [5.74, 6) is 0.295. The minimum Gasteiger partial charge on any atom is -0.361 e. The number of carbonyl (C=O) groups is 1. The third kappa shape index (κ3) is 3.41.